The van der Waals surface area contributed by atoms with Crippen LogP contribution in [0.5, 0.6) is 0 Å². The molecule has 1 N–H and O–H groups in total. The molecular weight excluding hydrogens is 447 g/mol. The van der Waals surface area contributed by atoms with Crippen molar-refractivity contribution >= 4 is 29.1 Å². The molecule has 3 rings (SSSR count). The molecule has 174 valence electrons. The van der Waals surface area contributed by atoms with Gasteiger partial charge in [0.15, 0.2) is 6.23 Å². The van der Waals surface area contributed by atoms with Gasteiger partial charge in [0.05, 0.1) is 26.0 Å². The smallest absolute Gasteiger partial charge is 0.360 e. The van der Waals surface area contributed by atoms with Crippen LogP contribution < -0.4 is 11.0 Å². The van der Waals surface area contributed by atoms with Crippen LogP contribution in [0.4, 0.5) is 0 Å². The van der Waals surface area contributed by atoms with Crippen molar-refractivity contribution in [3.63, 3.8) is 0 Å². The fourth-order valence-corrected chi connectivity index (χ4v) is 4.14. The first kappa shape index (κ1) is 24.3. The van der Waals surface area contributed by atoms with Gasteiger partial charge in [-0.2, -0.15) is 4.98 Å². The second kappa shape index (κ2) is 10.1. The fourth-order valence-electron chi connectivity index (χ4n) is 3.39. The summed E-state index contributed by atoms with van der Waals surface area (Å²) < 4.78 is 33.9. The largest absolute Gasteiger partial charge is 0.362 e. The summed E-state index contributed by atoms with van der Waals surface area (Å²) in [5, 5.41) is 3.74. The Morgan fingerprint density at radius 3 is 2.81 bits per heavy atom. The molecule has 0 spiro atoms. The van der Waals surface area contributed by atoms with Crippen molar-refractivity contribution in [2.75, 3.05) is 54.6 Å². The lowest BCUT2D eigenvalue weighted by molar-refractivity contribution is -0.127. The fraction of sp³-hybridized carbons (Fsp3) is 0.667. The van der Waals surface area contributed by atoms with Gasteiger partial charge in [0.25, 0.3) is 0 Å². The van der Waals surface area contributed by atoms with Crippen molar-refractivity contribution in [1.82, 2.24) is 29.0 Å². The van der Waals surface area contributed by atoms with Crippen LogP contribution in [0.25, 0.3) is 11.0 Å². The van der Waals surface area contributed by atoms with Crippen LogP contribution in [0.3, 0.4) is 0 Å². The normalized spacial score (nSPS) is 22.3. The zero-order chi connectivity index (χ0) is 22.8. The highest BCUT2D eigenvalue weighted by Crippen LogP contribution is 2.54. The number of nitrogens with zero attached hydrogens (tertiary/aromatic N) is 5. The van der Waals surface area contributed by atoms with Gasteiger partial charge in [0, 0.05) is 37.4 Å². The molecule has 11 nitrogen and oxygen atoms in total. The summed E-state index contributed by atoms with van der Waals surface area (Å²) in [5.74, 6) is 0. The van der Waals surface area contributed by atoms with Crippen molar-refractivity contribution < 1.29 is 18.6 Å². The van der Waals surface area contributed by atoms with E-state index in [1.807, 2.05) is 36.7 Å². The van der Waals surface area contributed by atoms with Gasteiger partial charge in [-0.15, -0.1) is 0 Å². The molecule has 2 aromatic rings. The summed E-state index contributed by atoms with van der Waals surface area (Å²) in [6.45, 7) is -1.46. The van der Waals surface area contributed by atoms with Crippen molar-refractivity contribution in [3.8, 4) is 0 Å². The molecule has 0 bridgehead atoms. The van der Waals surface area contributed by atoms with E-state index in [4.69, 9.17) is 25.2 Å². The molecule has 3 heterocycles. The summed E-state index contributed by atoms with van der Waals surface area (Å²) >= 11 is 5.94. The van der Waals surface area contributed by atoms with E-state index < -0.39 is 24.9 Å². The Morgan fingerprint density at radius 1 is 1.39 bits per heavy atom. The van der Waals surface area contributed by atoms with E-state index in [1.165, 1.54) is 9.24 Å². The second-order valence-corrected chi connectivity index (χ2v) is 11.0. The number of aromatic nitrogens is 3. The molecular formula is C18H30ClN6O5P. The van der Waals surface area contributed by atoms with Gasteiger partial charge in [0.1, 0.15) is 5.65 Å². The molecule has 2 aromatic heterocycles. The minimum atomic E-state index is -3.39. The maximum Gasteiger partial charge on any atom is 0.362 e. The van der Waals surface area contributed by atoms with Crippen LogP contribution >= 0.6 is 18.1 Å². The van der Waals surface area contributed by atoms with E-state index in [9.17, 15) is 9.36 Å². The molecule has 31 heavy (non-hydrogen) atoms. The molecule has 1 saturated heterocycles. The molecule has 1 aliphatic rings. The molecule has 0 radical (unpaired) electrons. The SMILES string of the molecule is CNCOCc1cc2cn(C3CN(C)C[C@@H](COP(=O)(Cl)N(C)C)O3)c(=O)nc2n1C. The predicted molar refractivity (Wildman–Crippen MR) is 118 cm³/mol. The summed E-state index contributed by atoms with van der Waals surface area (Å²) in [7, 11) is 8.75. The van der Waals surface area contributed by atoms with Crippen molar-refractivity contribution in [2.45, 2.75) is 18.9 Å². The van der Waals surface area contributed by atoms with Gasteiger partial charge in [-0.3, -0.25) is 19.3 Å². The van der Waals surface area contributed by atoms with Gasteiger partial charge in [-0.1, -0.05) is 0 Å². The number of ether oxygens (including phenoxy) is 2. The molecule has 0 saturated carbocycles. The van der Waals surface area contributed by atoms with E-state index >= 15 is 0 Å². The number of rotatable bonds is 9. The molecule has 1 fully saturated rings. The van der Waals surface area contributed by atoms with E-state index in [2.05, 4.69) is 10.3 Å². The van der Waals surface area contributed by atoms with Crippen LogP contribution in [-0.2, 0) is 32.2 Å². The van der Waals surface area contributed by atoms with E-state index in [-0.39, 0.29) is 6.61 Å². The van der Waals surface area contributed by atoms with Gasteiger partial charge in [-0.25, -0.2) is 9.46 Å². The number of hydrogen-bond acceptors (Lipinski definition) is 8. The molecule has 0 aliphatic carbocycles. The number of aryl methyl sites for hydroxylation is 1. The maximum atomic E-state index is 12.8. The number of hydrogen-bond donors (Lipinski definition) is 1. The van der Waals surface area contributed by atoms with Crippen LogP contribution in [0.2, 0.25) is 0 Å². The highest BCUT2D eigenvalue weighted by molar-refractivity contribution is 7.83. The minimum absolute atomic E-state index is 0.0442. The Bertz CT molecular complexity index is 1010. The van der Waals surface area contributed by atoms with Crippen LogP contribution in [-0.4, -0.2) is 84.4 Å². The highest BCUT2D eigenvalue weighted by Gasteiger charge is 2.31. The Balaban J connectivity index is 1.80. The molecule has 13 heteroatoms. The van der Waals surface area contributed by atoms with Gasteiger partial charge >= 0.3 is 12.6 Å². The third-order valence-corrected chi connectivity index (χ3v) is 7.69. The topological polar surface area (TPSA) is 103 Å². The maximum absolute atomic E-state index is 12.8. The Kier molecular flexibility index (Phi) is 7.93. The van der Waals surface area contributed by atoms with Crippen molar-refractivity contribution in [3.05, 3.63) is 28.4 Å². The molecule has 0 amide bonds. The van der Waals surface area contributed by atoms with Crippen molar-refractivity contribution in [1.29, 1.82) is 0 Å². The van der Waals surface area contributed by atoms with Gasteiger partial charge in [-0.05, 0) is 45.5 Å². The number of fused-ring (bicyclic) bond motifs is 1. The first-order chi connectivity index (χ1) is 14.6. The molecule has 1 aliphatic heterocycles. The van der Waals surface area contributed by atoms with Crippen LogP contribution in [0.1, 0.15) is 11.9 Å². The average molecular weight is 477 g/mol. The lowest BCUT2D eigenvalue weighted by Crippen LogP contribution is -2.47. The zero-order valence-electron chi connectivity index (χ0n) is 18.4. The summed E-state index contributed by atoms with van der Waals surface area (Å²) in [5.41, 5.74) is 1.08. The first-order valence-electron chi connectivity index (χ1n) is 9.88. The Morgan fingerprint density at radius 2 is 2.13 bits per heavy atom. The monoisotopic (exact) mass is 476 g/mol. The molecule has 0 aromatic carbocycles. The number of likely N-dealkylation sites (N-methyl/N-ethyl adjacent to an activating group) is 1. The van der Waals surface area contributed by atoms with E-state index in [0.29, 0.717) is 32.1 Å². The Hall–Kier alpha value is -1.30. The summed E-state index contributed by atoms with van der Waals surface area (Å²) in [6.07, 6.45) is 0.787. The molecule has 3 atom stereocenters. The zero-order valence-corrected chi connectivity index (χ0v) is 20.1. The minimum Gasteiger partial charge on any atom is -0.360 e. The highest BCUT2D eigenvalue weighted by atomic mass is 35.7. The number of morpholine rings is 1. The summed E-state index contributed by atoms with van der Waals surface area (Å²) in [4.78, 5) is 19.0. The molecule has 2 unspecified atom stereocenters. The predicted octanol–water partition coefficient (Wildman–Crippen LogP) is 1.18. The first-order valence-corrected chi connectivity index (χ1v) is 12.4. The number of nitrogens with one attached hydrogen (secondary N) is 1. The summed E-state index contributed by atoms with van der Waals surface area (Å²) in [6, 6.07) is 1.95. The van der Waals surface area contributed by atoms with Crippen molar-refractivity contribution in [2.24, 2.45) is 7.05 Å². The number of halogens is 1. The third-order valence-electron chi connectivity index (χ3n) is 5.07. The quantitative estimate of drug-likeness (QED) is 0.324. The Labute approximate surface area is 186 Å². The van der Waals surface area contributed by atoms with E-state index in [0.717, 1.165) is 11.1 Å². The average Bonchev–Trinajstić information content (AvgIpc) is 3.00. The standard InChI is InChI=1S/C18H30ClN6O5P/c1-20-12-28-10-14-6-13-7-25(18(26)21-17(13)24(14)5)16-9-23(4)8-15(30-16)11-29-31(19,27)22(2)3/h6-7,15-16,20H,8-12H2,1-5H3/t15-,16?,31?/m0/s1. The van der Waals surface area contributed by atoms with Gasteiger partial charge < -0.3 is 18.6 Å². The van der Waals surface area contributed by atoms with Gasteiger partial charge in [0.2, 0.25) is 0 Å². The van der Waals surface area contributed by atoms with E-state index in [1.54, 1.807) is 20.3 Å². The lowest BCUT2D eigenvalue weighted by Gasteiger charge is -2.36. The second-order valence-electron chi connectivity index (χ2n) is 7.78. The lowest BCUT2D eigenvalue weighted by atomic mass is 10.2. The van der Waals surface area contributed by atoms with Crippen LogP contribution in [0.15, 0.2) is 17.1 Å². The third kappa shape index (κ3) is 5.74. The van der Waals surface area contributed by atoms with Crippen LogP contribution in [0, 0.1) is 0 Å².